The van der Waals surface area contributed by atoms with Crippen molar-refractivity contribution in [2.24, 2.45) is 0 Å². The Kier molecular flexibility index (Phi) is 9.91. The van der Waals surface area contributed by atoms with Crippen LogP contribution in [0.4, 0.5) is 0 Å². The molecule has 1 heteroatoms. The minimum atomic E-state index is -0.0280. The molecular weight excluding hydrogens is 328 g/mol. The zero-order valence-electron chi connectivity index (χ0n) is 19.4. The molecule has 0 spiro atoms. The Morgan fingerprint density at radius 3 is 1.52 bits per heavy atom. The molecule has 0 heterocycles. The summed E-state index contributed by atoms with van der Waals surface area (Å²) in [6.45, 7) is 15.7. The van der Waals surface area contributed by atoms with Crippen LogP contribution in [0.15, 0.2) is 12.1 Å². The number of unbranched alkanes of at least 4 members (excludes halogenated alkanes) is 9. The summed E-state index contributed by atoms with van der Waals surface area (Å²) in [4.78, 5) is 0. The number of benzene rings is 1. The SMILES string of the molecule is CCCCCCCCCCCCc1cc(O)c(C(C)(C)C)cc1C(C)(C)C. The van der Waals surface area contributed by atoms with Gasteiger partial charge < -0.3 is 5.11 Å². The van der Waals surface area contributed by atoms with E-state index in [2.05, 4.69) is 60.6 Å². The highest BCUT2D eigenvalue weighted by atomic mass is 16.3. The van der Waals surface area contributed by atoms with Crippen LogP contribution in [0.2, 0.25) is 0 Å². The molecule has 1 rings (SSSR count). The molecule has 0 fully saturated rings. The normalized spacial score (nSPS) is 12.6. The predicted octanol–water partition coefficient (Wildman–Crippen LogP) is 8.45. The molecule has 0 saturated carbocycles. The lowest BCUT2D eigenvalue weighted by atomic mass is 9.77. The number of rotatable bonds is 11. The number of hydrogen-bond donors (Lipinski definition) is 1. The minimum absolute atomic E-state index is 0.0280. The highest BCUT2D eigenvalue weighted by molar-refractivity contribution is 5.47. The largest absolute Gasteiger partial charge is 0.508 e. The van der Waals surface area contributed by atoms with Crippen molar-refractivity contribution in [1.82, 2.24) is 0 Å². The van der Waals surface area contributed by atoms with Crippen LogP contribution >= 0.6 is 0 Å². The van der Waals surface area contributed by atoms with Crippen molar-refractivity contribution in [3.63, 3.8) is 0 Å². The van der Waals surface area contributed by atoms with E-state index in [0.29, 0.717) is 5.75 Å². The lowest BCUT2D eigenvalue weighted by Gasteiger charge is -2.28. The molecule has 0 aliphatic carbocycles. The van der Waals surface area contributed by atoms with Crippen LogP contribution in [-0.2, 0) is 17.3 Å². The average Bonchev–Trinajstić information content (AvgIpc) is 2.54. The molecule has 0 bridgehead atoms. The van der Waals surface area contributed by atoms with E-state index in [1.165, 1.54) is 75.3 Å². The zero-order chi connectivity index (χ0) is 20.5. The lowest BCUT2D eigenvalue weighted by Crippen LogP contribution is -2.18. The fourth-order valence-electron chi connectivity index (χ4n) is 3.94. The van der Waals surface area contributed by atoms with Crippen molar-refractivity contribution in [1.29, 1.82) is 0 Å². The van der Waals surface area contributed by atoms with Crippen molar-refractivity contribution in [2.75, 3.05) is 0 Å². The zero-order valence-corrected chi connectivity index (χ0v) is 19.4. The fraction of sp³-hybridized carbons (Fsp3) is 0.769. The third-order valence-electron chi connectivity index (χ3n) is 5.64. The van der Waals surface area contributed by atoms with Gasteiger partial charge in [0.05, 0.1) is 0 Å². The summed E-state index contributed by atoms with van der Waals surface area (Å²) in [5.74, 6) is 0.470. The van der Waals surface area contributed by atoms with Crippen molar-refractivity contribution in [3.05, 3.63) is 28.8 Å². The molecule has 0 aliphatic rings. The first-order valence-electron chi connectivity index (χ1n) is 11.4. The second-order valence-corrected chi connectivity index (χ2v) is 10.5. The predicted molar refractivity (Wildman–Crippen MR) is 121 cm³/mol. The standard InChI is InChI=1S/C26H46O/c1-8-9-10-11-12-13-14-15-16-17-18-21-19-24(27)23(26(5,6)7)20-22(21)25(2,3)4/h19-20,27H,8-18H2,1-7H3. The van der Waals surface area contributed by atoms with Gasteiger partial charge >= 0.3 is 0 Å². The van der Waals surface area contributed by atoms with E-state index in [1.807, 2.05) is 0 Å². The molecule has 0 aromatic heterocycles. The summed E-state index contributed by atoms with van der Waals surface area (Å²) < 4.78 is 0. The van der Waals surface area contributed by atoms with Gasteiger partial charge in [0.15, 0.2) is 0 Å². The van der Waals surface area contributed by atoms with Gasteiger partial charge in [0.1, 0.15) is 5.75 Å². The molecule has 0 amide bonds. The molecule has 0 aliphatic heterocycles. The Balaban J connectivity index is 2.54. The first kappa shape index (κ1) is 24.1. The Morgan fingerprint density at radius 2 is 1.07 bits per heavy atom. The van der Waals surface area contributed by atoms with Gasteiger partial charge in [-0.1, -0.05) is 112 Å². The monoisotopic (exact) mass is 374 g/mol. The molecule has 156 valence electrons. The smallest absolute Gasteiger partial charge is 0.119 e. The first-order chi connectivity index (χ1) is 12.6. The second kappa shape index (κ2) is 11.1. The van der Waals surface area contributed by atoms with Crippen LogP contribution in [0.1, 0.15) is 129 Å². The van der Waals surface area contributed by atoms with Gasteiger partial charge in [-0.15, -0.1) is 0 Å². The van der Waals surface area contributed by atoms with Crippen molar-refractivity contribution in [3.8, 4) is 5.75 Å². The molecule has 1 aromatic rings. The number of phenols is 1. The summed E-state index contributed by atoms with van der Waals surface area (Å²) in [5.41, 5.74) is 3.90. The molecule has 1 N–H and O–H groups in total. The maximum atomic E-state index is 10.6. The van der Waals surface area contributed by atoms with Gasteiger partial charge in [0.25, 0.3) is 0 Å². The molecule has 0 atom stereocenters. The Morgan fingerprint density at radius 1 is 0.630 bits per heavy atom. The Labute approximate surface area is 170 Å². The van der Waals surface area contributed by atoms with E-state index in [4.69, 9.17) is 0 Å². The third-order valence-corrected chi connectivity index (χ3v) is 5.64. The minimum Gasteiger partial charge on any atom is -0.508 e. The summed E-state index contributed by atoms with van der Waals surface area (Å²) in [6.07, 6.45) is 14.7. The van der Waals surface area contributed by atoms with Gasteiger partial charge in [-0.05, 0) is 46.4 Å². The summed E-state index contributed by atoms with van der Waals surface area (Å²) in [7, 11) is 0. The third kappa shape index (κ3) is 8.71. The van der Waals surface area contributed by atoms with Crippen LogP contribution in [0, 0.1) is 0 Å². The number of hydrogen-bond acceptors (Lipinski definition) is 1. The first-order valence-corrected chi connectivity index (χ1v) is 11.4. The molecule has 27 heavy (non-hydrogen) atoms. The summed E-state index contributed by atoms with van der Waals surface area (Å²) >= 11 is 0. The van der Waals surface area contributed by atoms with E-state index in [9.17, 15) is 5.11 Å². The van der Waals surface area contributed by atoms with Gasteiger partial charge in [-0.3, -0.25) is 0 Å². The van der Waals surface area contributed by atoms with Gasteiger partial charge in [-0.25, -0.2) is 0 Å². The molecule has 1 nitrogen and oxygen atoms in total. The Hall–Kier alpha value is -0.980. The lowest BCUT2D eigenvalue weighted by molar-refractivity contribution is 0.443. The number of aryl methyl sites for hydroxylation is 1. The molecule has 0 radical (unpaired) electrons. The highest BCUT2D eigenvalue weighted by Gasteiger charge is 2.25. The van der Waals surface area contributed by atoms with Crippen LogP contribution < -0.4 is 0 Å². The average molecular weight is 375 g/mol. The van der Waals surface area contributed by atoms with Crippen molar-refractivity contribution >= 4 is 0 Å². The van der Waals surface area contributed by atoms with Crippen LogP contribution in [-0.4, -0.2) is 5.11 Å². The maximum Gasteiger partial charge on any atom is 0.119 e. The second-order valence-electron chi connectivity index (χ2n) is 10.5. The number of phenolic OH excluding ortho intramolecular Hbond substituents is 1. The van der Waals surface area contributed by atoms with Crippen molar-refractivity contribution in [2.45, 2.75) is 130 Å². The maximum absolute atomic E-state index is 10.6. The van der Waals surface area contributed by atoms with Crippen LogP contribution in [0.5, 0.6) is 5.75 Å². The van der Waals surface area contributed by atoms with Gasteiger partial charge in [0, 0.05) is 0 Å². The van der Waals surface area contributed by atoms with E-state index < -0.39 is 0 Å². The Bertz CT molecular complexity index is 543. The van der Waals surface area contributed by atoms with Crippen LogP contribution in [0.3, 0.4) is 0 Å². The topological polar surface area (TPSA) is 20.2 Å². The summed E-state index contributed by atoms with van der Waals surface area (Å²) in [5, 5.41) is 10.6. The quantitative estimate of drug-likeness (QED) is 0.385. The van der Waals surface area contributed by atoms with Crippen molar-refractivity contribution < 1.29 is 5.11 Å². The summed E-state index contributed by atoms with van der Waals surface area (Å²) in [6, 6.07) is 4.32. The van der Waals surface area contributed by atoms with E-state index >= 15 is 0 Å². The molecule has 0 unspecified atom stereocenters. The molecular formula is C26H46O. The number of aromatic hydroxyl groups is 1. The fourth-order valence-corrected chi connectivity index (χ4v) is 3.94. The van der Waals surface area contributed by atoms with Gasteiger partial charge in [-0.2, -0.15) is 0 Å². The highest BCUT2D eigenvalue weighted by Crippen LogP contribution is 2.37. The van der Waals surface area contributed by atoms with E-state index in [1.54, 1.807) is 0 Å². The van der Waals surface area contributed by atoms with Crippen LogP contribution in [0.25, 0.3) is 0 Å². The van der Waals surface area contributed by atoms with E-state index in [0.717, 1.165) is 12.0 Å². The van der Waals surface area contributed by atoms with Gasteiger partial charge in [0.2, 0.25) is 0 Å². The molecule has 0 saturated heterocycles. The molecule has 1 aromatic carbocycles. The van der Waals surface area contributed by atoms with E-state index in [-0.39, 0.29) is 10.8 Å².